The van der Waals surface area contributed by atoms with Crippen molar-refractivity contribution in [3.8, 4) is 0 Å². The van der Waals surface area contributed by atoms with Gasteiger partial charge in [-0.2, -0.15) is 0 Å². The first-order chi connectivity index (χ1) is 9.33. The van der Waals surface area contributed by atoms with Gasteiger partial charge >= 0.3 is 0 Å². The third-order valence-electron chi connectivity index (χ3n) is 4.01. The Kier molecular flexibility index (Phi) is 5.93. The molecule has 1 atom stereocenters. The first-order valence-electron chi connectivity index (χ1n) is 7.81. The quantitative estimate of drug-likeness (QED) is 0.729. The first kappa shape index (κ1) is 14.6. The van der Waals surface area contributed by atoms with E-state index < -0.39 is 0 Å². The van der Waals surface area contributed by atoms with Gasteiger partial charge in [0.15, 0.2) is 0 Å². The number of likely N-dealkylation sites (tertiary alicyclic amines) is 1. The first-order valence-corrected chi connectivity index (χ1v) is 7.81. The van der Waals surface area contributed by atoms with Crippen LogP contribution in [-0.2, 0) is 13.1 Å². The van der Waals surface area contributed by atoms with Gasteiger partial charge in [0, 0.05) is 18.7 Å². The molecule has 0 aromatic carbocycles. The van der Waals surface area contributed by atoms with Crippen molar-refractivity contribution in [1.29, 1.82) is 0 Å². The molecule has 1 N–H and O–H groups in total. The van der Waals surface area contributed by atoms with E-state index in [4.69, 9.17) is 4.42 Å². The van der Waals surface area contributed by atoms with Crippen molar-refractivity contribution in [3.63, 3.8) is 0 Å². The van der Waals surface area contributed by atoms with E-state index in [2.05, 4.69) is 30.1 Å². The molecule has 1 saturated heterocycles. The Labute approximate surface area is 117 Å². The van der Waals surface area contributed by atoms with E-state index in [1.807, 2.05) is 6.26 Å². The van der Waals surface area contributed by atoms with Gasteiger partial charge in [0.25, 0.3) is 0 Å². The lowest BCUT2D eigenvalue weighted by Crippen LogP contribution is -2.21. The van der Waals surface area contributed by atoms with Gasteiger partial charge in [-0.05, 0) is 44.3 Å². The minimum atomic E-state index is 0.904. The predicted molar refractivity (Wildman–Crippen MR) is 79.0 cm³/mol. The maximum Gasteiger partial charge on any atom is 0.122 e. The number of hydrogen-bond donors (Lipinski definition) is 1. The predicted octanol–water partition coefficient (Wildman–Crippen LogP) is 3.40. The van der Waals surface area contributed by atoms with Crippen LogP contribution in [0.25, 0.3) is 0 Å². The fourth-order valence-electron chi connectivity index (χ4n) is 2.97. The van der Waals surface area contributed by atoms with E-state index in [0.29, 0.717) is 0 Å². The van der Waals surface area contributed by atoms with Crippen LogP contribution < -0.4 is 5.32 Å². The van der Waals surface area contributed by atoms with Crippen LogP contribution in [0.3, 0.4) is 0 Å². The summed E-state index contributed by atoms with van der Waals surface area (Å²) < 4.78 is 5.67. The van der Waals surface area contributed by atoms with E-state index in [1.165, 1.54) is 44.3 Å². The Balaban J connectivity index is 1.81. The van der Waals surface area contributed by atoms with Crippen LogP contribution in [0.1, 0.15) is 50.9 Å². The zero-order chi connectivity index (χ0) is 13.5. The lowest BCUT2D eigenvalue weighted by molar-refractivity contribution is 0.282. The summed E-state index contributed by atoms with van der Waals surface area (Å²) in [6.45, 7) is 9.95. The molecule has 1 aromatic heterocycles. The summed E-state index contributed by atoms with van der Waals surface area (Å²) in [7, 11) is 0. The van der Waals surface area contributed by atoms with Crippen LogP contribution >= 0.6 is 0 Å². The molecule has 0 radical (unpaired) electrons. The molecule has 1 aromatic rings. The van der Waals surface area contributed by atoms with Crippen molar-refractivity contribution in [2.24, 2.45) is 5.92 Å². The highest BCUT2D eigenvalue weighted by Crippen LogP contribution is 2.23. The molecular weight excluding hydrogens is 236 g/mol. The molecule has 108 valence electrons. The SMILES string of the molecule is CCCNCc1ccoc1CN1CCC(CCC)C1. The van der Waals surface area contributed by atoms with Crippen molar-refractivity contribution in [3.05, 3.63) is 23.7 Å². The topological polar surface area (TPSA) is 28.4 Å². The summed E-state index contributed by atoms with van der Waals surface area (Å²) in [5, 5.41) is 3.45. The second-order valence-corrected chi connectivity index (χ2v) is 5.72. The largest absolute Gasteiger partial charge is 0.468 e. The molecule has 0 amide bonds. The molecule has 1 unspecified atom stereocenters. The maximum absolute atomic E-state index is 5.67. The molecule has 1 aliphatic rings. The minimum absolute atomic E-state index is 0.904. The second kappa shape index (κ2) is 7.71. The van der Waals surface area contributed by atoms with Gasteiger partial charge in [0.1, 0.15) is 5.76 Å². The molecule has 19 heavy (non-hydrogen) atoms. The summed E-state index contributed by atoms with van der Waals surface area (Å²) >= 11 is 0. The molecule has 0 spiro atoms. The second-order valence-electron chi connectivity index (χ2n) is 5.72. The maximum atomic E-state index is 5.67. The smallest absolute Gasteiger partial charge is 0.122 e. The number of nitrogens with zero attached hydrogens (tertiary/aromatic N) is 1. The van der Waals surface area contributed by atoms with Crippen molar-refractivity contribution in [1.82, 2.24) is 10.2 Å². The van der Waals surface area contributed by atoms with Gasteiger partial charge < -0.3 is 9.73 Å². The van der Waals surface area contributed by atoms with Crippen LogP contribution in [-0.4, -0.2) is 24.5 Å². The molecule has 0 aliphatic carbocycles. The van der Waals surface area contributed by atoms with Crippen LogP contribution in [0.2, 0.25) is 0 Å². The van der Waals surface area contributed by atoms with Gasteiger partial charge in [-0.15, -0.1) is 0 Å². The molecule has 2 rings (SSSR count). The van der Waals surface area contributed by atoms with Crippen LogP contribution in [0.15, 0.2) is 16.7 Å². The highest BCUT2D eigenvalue weighted by atomic mass is 16.3. The summed E-state index contributed by atoms with van der Waals surface area (Å²) in [4.78, 5) is 2.54. The lowest BCUT2D eigenvalue weighted by Gasteiger charge is -2.15. The molecule has 0 bridgehead atoms. The molecular formula is C16H28N2O. The fraction of sp³-hybridized carbons (Fsp3) is 0.750. The fourth-order valence-corrected chi connectivity index (χ4v) is 2.97. The highest BCUT2D eigenvalue weighted by Gasteiger charge is 2.23. The Morgan fingerprint density at radius 2 is 2.26 bits per heavy atom. The number of nitrogens with one attached hydrogen (secondary N) is 1. The third kappa shape index (κ3) is 4.36. The molecule has 3 nitrogen and oxygen atoms in total. The summed E-state index contributed by atoms with van der Waals surface area (Å²) in [6, 6.07) is 2.11. The van der Waals surface area contributed by atoms with Crippen LogP contribution in [0, 0.1) is 5.92 Å². The van der Waals surface area contributed by atoms with E-state index in [0.717, 1.165) is 31.3 Å². The summed E-state index contributed by atoms with van der Waals surface area (Å²) in [6.07, 6.45) is 7.05. The molecule has 1 fully saturated rings. The van der Waals surface area contributed by atoms with Crippen molar-refractivity contribution in [2.45, 2.75) is 52.6 Å². The van der Waals surface area contributed by atoms with Crippen LogP contribution in [0.5, 0.6) is 0 Å². The van der Waals surface area contributed by atoms with Gasteiger partial charge in [0.05, 0.1) is 12.8 Å². The average molecular weight is 264 g/mol. The highest BCUT2D eigenvalue weighted by molar-refractivity contribution is 5.17. The van der Waals surface area contributed by atoms with Crippen molar-refractivity contribution >= 4 is 0 Å². The Hall–Kier alpha value is -0.800. The van der Waals surface area contributed by atoms with Crippen molar-refractivity contribution in [2.75, 3.05) is 19.6 Å². The van der Waals surface area contributed by atoms with E-state index in [9.17, 15) is 0 Å². The van der Waals surface area contributed by atoms with E-state index >= 15 is 0 Å². The Bertz CT molecular complexity index is 361. The summed E-state index contributed by atoms with van der Waals surface area (Å²) in [5.41, 5.74) is 1.33. The Morgan fingerprint density at radius 1 is 1.37 bits per heavy atom. The lowest BCUT2D eigenvalue weighted by atomic mass is 10.0. The van der Waals surface area contributed by atoms with E-state index in [-0.39, 0.29) is 0 Å². The zero-order valence-corrected chi connectivity index (χ0v) is 12.5. The zero-order valence-electron chi connectivity index (χ0n) is 12.5. The molecule has 3 heteroatoms. The number of furan rings is 1. The molecule has 2 heterocycles. The van der Waals surface area contributed by atoms with E-state index in [1.54, 1.807) is 0 Å². The number of rotatable bonds is 8. The van der Waals surface area contributed by atoms with Gasteiger partial charge in [-0.1, -0.05) is 20.3 Å². The Morgan fingerprint density at radius 3 is 3.05 bits per heavy atom. The average Bonchev–Trinajstić information content (AvgIpc) is 3.01. The van der Waals surface area contributed by atoms with Gasteiger partial charge in [0.2, 0.25) is 0 Å². The molecule has 0 saturated carbocycles. The standard InChI is InChI=1S/C16H28N2O/c1-3-5-14-6-9-18(12-14)13-16-15(7-10-19-16)11-17-8-4-2/h7,10,14,17H,3-6,8-9,11-13H2,1-2H3. The monoisotopic (exact) mass is 264 g/mol. The number of hydrogen-bond acceptors (Lipinski definition) is 3. The third-order valence-corrected chi connectivity index (χ3v) is 4.01. The minimum Gasteiger partial charge on any atom is -0.468 e. The van der Waals surface area contributed by atoms with Crippen molar-refractivity contribution < 1.29 is 4.42 Å². The van der Waals surface area contributed by atoms with Crippen LogP contribution in [0.4, 0.5) is 0 Å². The molecule has 1 aliphatic heterocycles. The summed E-state index contributed by atoms with van der Waals surface area (Å²) in [5.74, 6) is 2.06. The normalized spacial score (nSPS) is 20.2. The van der Waals surface area contributed by atoms with Gasteiger partial charge in [-0.25, -0.2) is 0 Å². The van der Waals surface area contributed by atoms with Gasteiger partial charge in [-0.3, -0.25) is 4.90 Å².